The first-order valence-electron chi connectivity index (χ1n) is 5.76. The number of aryl methyl sites for hydroxylation is 2. The van der Waals surface area contributed by atoms with Crippen LogP contribution in [0.4, 0.5) is 5.69 Å². The Labute approximate surface area is 101 Å². The number of benzene rings is 1. The van der Waals surface area contributed by atoms with Crippen LogP contribution in [-0.2, 0) is 7.05 Å². The molecule has 0 bridgehead atoms. The lowest BCUT2D eigenvalue weighted by Gasteiger charge is -2.05. The normalized spacial score (nSPS) is 11.1. The van der Waals surface area contributed by atoms with Crippen molar-refractivity contribution in [1.82, 2.24) is 14.8 Å². The third kappa shape index (κ3) is 2.16. The van der Waals surface area contributed by atoms with E-state index < -0.39 is 0 Å². The maximum atomic E-state index is 5.82. The van der Waals surface area contributed by atoms with E-state index in [2.05, 4.69) is 30.9 Å². The SMILES string of the molecule is Cc1ccc(N)cc1-c1nc(C(C)C)nn1C. The van der Waals surface area contributed by atoms with Crippen molar-refractivity contribution in [3.63, 3.8) is 0 Å². The Balaban J connectivity index is 2.56. The van der Waals surface area contributed by atoms with E-state index in [1.165, 1.54) is 0 Å². The molecule has 0 aliphatic carbocycles. The highest BCUT2D eigenvalue weighted by Crippen LogP contribution is 2.24. The fraction of sp³-hybridized carbons (Fsp3) is 0.385. The van der Waals surface area contributed by atoms with Gasteiger partial charge >= 0.3 is 0 Å². The van der Waals surface area contributed by atoms with E-state index in [1.807, 2.05) is 29.9 Å². The molecule has 0 radical (unpaired) electrons. The molecule has 0 spiro atoms. The smallest absolute Gasteiger partial charge is 0.158 e. The van der Waals surface area contributed by atoms with Crippen LogP contribution >= 0.6 is 0 Å². The minimum absolute atomic E-state index is 0.330. The molecule has 90 valence electrons. The van der Waals surface area contributed by atoms with Gasteiger partial charge in [-0.1, -0.05) is 19.9 Å². The molecule has 1 aromatic carbocycles. The first-order valence-corrected chi connectivity index (χ1v) is 5.76. The number of nitrogens with two attached hydrogens (primary N) is 1. The van der Waals surface area contributed by atoms with Crippen LogP contribution in [0.5, 0.6) is 0 Å². The maximum Gasteiger partial charge on any atom is 0.158 e. The number of aromatic nitrogens is 3. The minimum atomic E-state index is 0.330. The molecule has 0 fully saturated rings. The number of hydrogen-bond donors (Lipinski definition) is 1. The second kappa shape index (κ2) is 4.20. The van der Waals surface area contributed by atoms with Crippen molar-refractivity contribution in [3.8, 4) is 11.4 Å². The average Bonchev–Trinajstić information content (AvgIpc) is 2.64. The monoisotopic (exact) mass is 230 g/mol. The second-order valence-corrected chi connectivity index (χ2v) is 4.65. The van der Waals surface area contributed by atoms with Crippen LogP contribution in [0.15, 0.2) is 18.2 Å². The van der Waals surface area contributed by atoms with Gasteiger partial charge < -0.3 is 5.73 Å². The maximum absolute atomic E-state index is 5.82. The van der Waals surface area contributed by atoms with Gasteiger partial charge in [0.2, 0.25) is 0 Å². The Morgan fingerprint density at radius 1 is 1.29 bits per heavy atom. The molecular weight excluding hydrogens is 212 g/mol. The summed E-state index contributed by atoms with van der Waals surface area (Å²) in [5.74, 6) is 2.07. The minimum Gasteiger partial charge on any atom is -0.399 e. The fourth-order valence-electron chi connectivity index (χ4n) is 1.76. The molecule has 0 saturated carbocycles. The van der Waals surface area contributed by atoms with Gasteiger partial charge in [0.25, 0.3) is 0 Å². The summed E-state index contributed by atoms with van der Waals surface area (Å²) in [7, 11) is 1.91. The summed E-state index contributed by atoms with van der Waals surface area (Å²) in [4.78, 5) is 4.58. The lowest BCUT2D eigenvalue weighted by Crippen LogP contribution is -1.97. The van der Waals surface area contributed by atoms with Crippen LogP contribution in [-0.4, -0.2) is 14.8 Å². The Bertz CT molecular complexity index is 540. The Hall–Kier alpha value is -1.84. The van der Waals surface area contributed by atoms with Crippen molar-refractivity contribution >= 4 is 5.69 Å². The van der Waals surface area contributed by atoms with Crippen molar-refractivity contribution in [2.75, 3.05) is 5.73 Å². The van der Waals surface area contributed by atoms with Crippen LogP contribution < -0.4 is 5.73 Å². The predicted molar refractivity (Wildman–Crippen MR) is 69.7 cm³/mol. The van der Waals surface area contributed by atoms with Gasteiger partial charge in [-0.3, -0.25) is 0 Å². The zero-order valence-corrected chi connectivity index (χ0v) is 10.7. The summed E-state index contributed by atoms with van der Waals surface area (Å²) < 4.78 is 1.82. The molecule has 2 N–H and O–H groups in total. The summed E-state index contributed by atoms with van der Waals surface area (Å²) >= 11 is 0. The van der Waals surface area contributed by atoms with Gasteiger partial charge in [0.15, 0.2) is 11.6 Å². The molecule has 0 aliphatic rings. The summed E-state index contributed by atoms with van der Waals surface area (Å²) in [6.07, 6.45) is 0. The standard InChI is InChI=1S/C13H18N4/c1-8(2)12-15-13(17(4)16-12)11-7-10(14)6-5-9(11)3/h5-8H,14H2,1-4H3. The van der Waals surface area contributed by atoms with E-state index in [0.717, 1.165) is 28.5 Å². The van der Waals surface area contributed by atoms with E-state index in [9.17, 15) is 0 Å². The molecule has 0 saturated heterocycles. The Morgan fingerprint density at radius 3 is 2.59 bits per heavy atom. The third-order valence-corrected chi connectivity index (χ3v) is 2.80. The molecule has 17 heavy (non-hydrogen) atoms. The number of nitrogens with zero attached hydrogens (tertiary/aromatic N) is 3. The third-order valence-electron chi connectivity index (χ3n) is 2.80. The van der Waals surface area contributed by atoms with E-state index in [-0.39, 0.29) is 0 Å². The topological polar surface area (TPSA) is 56.7 Å². The Morgan fingerprint density at radius 2 is 2.00 bits per heavy atom. The van der Waals surface area contributed by atoms with Crippen LogP contribution in [0, 0.1) is 6.92 Å². The zero-order valence-electron chi connectivity index (χ0n) is 10.7. The molecule has 4 nitrogen and oxygen atoms in total. The molecule has 2 aromatic rings. The highest BCUT2D eigenvalue weighted by atomic mass is 15.3. The van der Waals surface area contributed by atoms with Gasteiger partial charge in [-0.25, -0.2) is 9.67 Å². The highest BCUT2D eigenvalue weighted by molar-refractivity contribution is 5.65. The summed E-state index contributed by atoms with van der Waals surface area (Å²) in [5.41, 5.74) is 8.78. The van der Waals surface area contributed by atoms with E-state index in [1.54, 1.807) is 0 Å². The van der Waals surface area contributed by atoms with E-state index in [0.29, 0.717) is 5.92 Å². The van der Waals surface area contributed by atoms with Crippen molar-refractivity contribution in [1.29, 1.82) is 0 Å². The molecule has 2 rings (SSSR count). The van der Waals surface area contributed by atoms with Gasteiger partial charge in [0, 0.05) is 24.2 Å². The van der Waals surface area contributed by atoms with Crippen molar-refractivity contribution in [3.05, 3.63) is 29.6 Å². The Kier molecular flexibility index (Phi) is 2.88. The molecule has 1 aromatic heterocycles. The van der Waals surface area contributed by atoms with Crippen molar-refractivity contribution in [2.45, 2.75) is 26.7 Å². The number of hydrogen-bond acceptors (Lipinski definition) is 3. The number of nitrogen functional groups attached to an aromatic ring is 1. The van der Waals surface area contributed by atoms with Crippen LogP contribution in [0.2, 0.25) is 0 Å². The number of anilines is 1. The first-order chi connectivity index (χ1) is 7.99. The number of rotatable bonds is 2. The van der Waals surface area contributed by atoms with Gasteiger partial charge in [-0.05, 0) is 24.6 Å². The van der Waals surface area contributed by atoms with Gasteiger partial charge in [-0.2, -0.15) is 5.10 Å². The molecule has 0 aliphatic heterocycles. The van der Waals surface area contributed by atoms with Crippen molar-refractivity contribution < 1.29 is 0 Å². The van der Waals surface area contributed by atoms with Gasteiger partial charge in [0.05, 0.1) is 0 Å². The van der Waals surface area contributed by atoms with Gasteiger partial charge in [0.1, 0.15) is 0 Å². The zero-order chi connectivity index (χ0) is 12.6. The molecule has 0 amide bonds. The summed E-state index contributed by atoms with van der Waals surface area (Å²) in [6.45, 7) is 6.23. The molecular formula is C13H18N4. The summed E-state index contributed by atoms with van der Waals surface area (Å²) in [6, 6.07) is 5.86. The fourth-order valence-corrected chi connectivity index (χ4v) is 1.76. The van der Waals surface area contributed by atoms with E-state index in [4.69, 9.17) is 5.73 Å². The lowest BCUT2D eigenvalue weighted by molar-refractivity contribution is 0.712. The van der Waals surface area contributed by atoms with E-state index >= 15 is 0 Å². The van der Waals surface area contributed by atoms with Crippen LogP contribution in [0.25, 0.3) is 11.4 Å². The summed E-state index contributed by atoms with van der Waals surface area (Å²) in [5, 5.41) is 4.42. The quantitative estimate of drug-likeness (QED) is 0.806. The van der Waals surface area contributed by atoms with Crippen LogP contribution in [0.3, 0.4) is 0 Å². The largest absolute Gasteiger partial charge is 0.399 e. The van der Waals surface area contributed by atoms with Crippen molar-refractivity contribution in [2.24, 2.45) is 7.05 Å². The predicted octanol–water partition coefficient (Wildman–Crippen LogP) is 2.50. The molecule has 0 atom stereocenters. The molecule has 1 heterocycles. The lowest BCUT2D eigenvalue weighted by atomic mass is 10.1. The highest BCUT2D eigenvalue weighted by Gasteiger charge is 2.13. The molecule has 4 heteroatoms. The van der Waals surface area contributed by atoms with Crippen LogP contribution in [0.1, 0.15) is 31.2 Å². The second-order valence-electron chi connectivity index (χ2n) is 4.65. The molecule has 0 unspecified atom stereocenters. The average molecular weight is 230 g/mol. The van der Waals surface area contributed by atoms with Gasteiger partial charge in [-0.15, -0.1) is 0 Å². The first kappa shape index (κ1) is 11.6.